The van der Waals surface area contributed by atoms with Crippen molar-refractivity contribution in [1.29, 1.82) is 0 Å². The van der Waals surface area contributed by atoms with Crippen LogP contribution in [0.5, 0.6) is 23.0 Å². The van der Waals surface area contributed by atoms with Crippen LogP contribution in [0.25, 0.3) is 10.2 Å². The lowest BCUT2D eigenvalue weighted by Gasteiger charge is -2.21. The number of fused-ring (bicyclic) bond motifs is 1. The second kappa shape index (κ2) is 11.0. The van der Waals surface area contributed by atoms with Crippen LogP contribution in [0.2, 0.25) is 0 Å². The summed E-state index contributed by atoms with van der Waals surface area (Å²) in [5.41, 5.74) is 0.669. The smallest absolute Gasteiger partial charge is 0.266 e. The van der Waals surface area contributed by atoms with E-state index in [1.165, 1.54) is 11.3 Å². The molecular weight excluding hydrogens is 430 g/mol. The number of methoxy groups -OCH3 is 3. The van der Waals surface area contributed by atoms with Crippen LogP contribution in [0.3, 0.4) is 0 Å². The molecule has 0 spiro atoms. The second-order valence-electron chi connectivity index (χ2n) is 7.29. The quantitative estimate of drug-likeness (QED) is 0.433. The van der Waals surface area contributed by atoms with Crippen molar-refractivity contribution in [3.8, 4) is 23.0 Å². The van der Waals surface area contributed by atoms with E-state index in [4.69, 9.17) is 23.9 Å². The molecule has 0 saturated carbocycles. The van der Waals surface area contributed by atoms with Crippen molar-refractivity contribution < 1.29 is 23.7 Å². The molecule has 0 aliphatic rings. The van der Waals surface area contributed by atoms with Crippen molar-refractivity contribution in [3.05, 3.63) is 36.4 Å². The van der Waals surface area contributed by atoms with Crippen molar-refractivity contribution >= 4 is 32.6 Å². The maximum atomic E-state index is 13.2. The molecule has 0 fully saturated rings. The number of hydrogen-bond donors (Lipinski definition) is 0. The van der Waals surface area contributed by atoms with Crippen molar-refractivity contribution in [3.63, 3.8) is 0 Å². The Morgan fingerprint density at radius 2 is 1.56 bits per heavy atom. The maximum absolute atomic E-state index is 13.2. The summed E-state index contributed by atoms with van der Waals surface area (Å²) in [6, 6.07) is 10.9. The first-order valence-electron chi connectivity index (χ1n) is 10.2. The maximum Gasteiger partial charge on any atom is 0.266 e. The first-order chi connectivity index (χ1) is 15.5. The van der Waals surface area contributed by atoms with Crippen LogP contribution in [-0.4, -0.2) is 70.9 Å². The third kappa shape index (κ3) is 5.41. The minimum Gasteiger partial charge on any atom is -0.495 e. The summed E-state index contributed by atoms with van der Waals surface area (Å²) >= 11 is 1.40. The molecule has 0 saturated heterocycles. The third-order valence-corrected chi connectivity index (χ3v) is 5.93. The van der Waals surface area contributed by atoms with Crippen molar-refractivity contribution in [1.82, 2.24) is 9.88 Å². The van der Waals surface area contributed by atoms with Crippen molar-refractivity contribution in [2.24, 2.45) is 0 Å². The molecule has 0 aliphatic heterocycles. The molecule has 2 aromatic carbocycles. The van der Waals surface area contributed by atoms with Crippen molar-refractivity contribution in [2.45, 2.75) is 6.42 Å². The zero-order chi connectivity index (χ0) is 23.1. The van der Waals surface area contributed by atoms with E-state index in [1.807, 2.05) is 38.4 Å². The highest BCUT2D eigenvalue weighted by atomic mass is 32.1. The number of benzene rings is 2. The van der Waals surface area contributed by atoms with Gasteiger partial charge in [0.05, 0.1) is 21.3 Å². The first-order valence-corrected chi connectivity index (χ1v) is 11.0. The van der Waals surface area contributed by atoms with Crippen LogP contribution in [0.1, 0.15) is 6.42 Å². The number of carbonyl (C=O) groups excluding carboxylic acids is 1. The number of ether oxygens (including phenoxy) is 4. The number of rotatable bonds is 11. The van der Waals surface area contributed by atoms with Gasteiger partial charge in [-0.3, -0.25) is 9.69 Å². The van der Waals surface area contributed by atoms with E-state index in [0.717, 1.165) is 17.7 Å². The summed E-state index contributed by atoms with van der Waals surface area (Å²) in [7, 11) is 8.79. The molecule has 1 amide bonds. The highest BCUT2D eigenvalue weighted by Gasteiger charge is 2.23. The number of aromatic nitrogens is 1. The molecule has 0 bridgehead atoms. The van der Waals surface area contributed by atoms with E-state index in [-0.39, 0.29) is 12.5 Å². The fraction of sp³-hybridized carbons (Fsp3) is 0.391. The van der Waals surface area contributed by atoms with Crippen LogP contribution in [0, 0.1) is 0 Å². The monoisotopic (exact) mass is 459 g/mol. The fourth-order valence-electron chi connectivity index (χ4n) is 3.22. The van der Waals surface area contributed by atoms with E-state index >= 15 is 0 Å². The molecule has 3 rings (SSSR count). The molecular formula is C23H29N3O5S. The van der Waals surface area contributed by atoms with Gasteiger partial charge in [0.15, 0.2) is 23.2 Å². The van der Waals surface area contributed by atoms with Gasteiger partial charge in [-0.2, -0.15) is 0 Å². The molecule has 1 aromatic heterocycles. The summed E-state index contributed by atoms with van der Waals surface area (Å²) in [5.74, 6) is 2.23. The van der Waals surface area contributed by atoms with Gasteiger partial charge >= 0.3 is 0 Å². The molecule has 172 valence electrons. The Labute approximate surface area is 192 Å². The van der Waals surface area contributed by atoms with Gasteiger partial charge in [-0.05, 0) is 51.3 Å². The van der Waals surface area contributed by atoms with Crippen LogP contribution >= 0.6 is 11.3 Å². The summed E-state index contributed by atoms with van der Waals surface area (Å²) < 4.78 is 22.9. The van der Waals surface area contributed by atoms with E-state index < -0.39 is 0 Å². The number of hydrogen-bond acceptors (Lipinski definition) is 8. The van der Waals surface area contributed by atoms with Gasteiger partial charge in [-0.15, -0.1) is 0 Å². The Bertz CT molecular complexity index is 1010. The molecule has 8 nitrogen and oxygen atoms in total. The predicted octanol–water partition coefficient (Wildman–Crippen LogP) is 3.69. The Hall–Kier alpha value is -3.04. The topological polar surface area (TPSA) is 73.4 Å². The van der Waals surface area contributed by atoms with Gasteiger partial charge in [0.1, 0.15) is 21.7 Å². The molecule has 0 radical (unpaired) electrons. The Balaban J connectivity index is 1.88. The van der Waals surface area contributed by atoms with E-state index in [0.29, 0.717) is 40.2 Å². The third-order valence-electron chi connectivity index (χ3n) is 4.84. The summed E-state index contributed by atoms with van der Waals surface area (Å²) in [6.45, 7) is 1.22. The minimum absolute atomic E-state index is 0.132. The van der Waals surface area contributed by atoms with Crippen LogP contribution in [0.4, 0.5) is 5.13 Å². The number of thiazole rings is 1. The largest absolute Gasteiger partial charge is 0.495 e. The molecule has 0 unspecified atom stereocenters. The molecule has 0 aliphatic carbocycles. The number of carbonyl (C=O) groups is 1. The molecule has 9 heteroatoms. The Kier molecular flexibility index (Phi) is 8.13. The average molecular weight is 460 g/mol. The summed E-state index contributed by atoms with van der Waals surface area (Å²) in [4.78, 5) is 21.7. The van der Waals surface area contributed by atoms with E-state index in [2.05, 4.69) is 4.90 Å². The van der Waals surface area contributed by atoms with Gasteiger partial charge < -0.3 is 23.8 Å². The van der Waals surface area contributed by atoms with Gasteiger partial charge in [-0.25, -0.2) is 4.98 Å². The lowest BCUT2D eigenvalue weighted by atomic mass is 10.3. The Morgan fingerprint density at radius 1 is 0.906 bits per heavy atom. The van der Waals surface area contributed by atoms with E-state index in [1.54, 1.807) is 38.4 Å². The van der Waals surface area contributed by atoms with Crippen LogP contribution in [-0.2, 0) is 4.79 Å². The van der Waals surface area contributed by atoms with Crippen LogP contribution < -0.4 is 23.8 Å². The first kappa shape index (κ1) is 23.6. The van der Waals surface area contributed by atoms with Crippen molar-refractivity contribution in [2.75, 3.05) is 60.0 Å². The minimum atomic E-state index is -0.188. The highest BCUT2D eigenvalue weighted by Crippen LogP contribution is 2.40. The predicted molar refractivity (Wildman–Crippen MR) is 127 cm³/mol. The zero-order valence-corrected chi connectivity index (χ0v) is 19.9. The number of para-hydroxylation sites is 2. The molecule has 0 N–H and O–H groups in total. The molecule has 32 heavy (non-hydrogen) atoms. The van der Waals surface area contributed by atoms with Gasteiger partial charge in [-0.1, -0.05) is 23.5 Å². The zero-order valence-electron chi connectivity index (χ0n) is 19.1. The fourth-order valence-corrected chi connectivity index (χ4v) is 4.33. The molecule has 1 heterocycles. The second-order valence-corrected chi connectivity index (χ2v) is 8.26. The van der Waals surface area contributed by atoms with Gasteiger partial charge in [0, 0.05) is 6.54 Å². The normalized spacial score (nSPS) is 10.9. The summed E-state index contributed by atoms with van der Waals surface area (Å²) in [6.07, 6.45) is 0.789. The molecule has 0 atom stereocenters. The lowest BCUT2D eigenvalue weighted by molar-refractivity contribution is -0.120. The van der Waals surface area contributed by atoms with E-state index in [9.17, 15) is 4.79 Å². The van der Waals surface area contributed by atoms with Gasteiger partial charge in [0.25, 0.3) is 5.91 Å². The Morgan fingerprint density at radius 3 is 2.22 bits per heavy atom. The molecule has 3 aromatic rings. The average Bonchev–Trinajstić information content (AvgIpc) is 3.24. The SMILES string of the molecule is COc1ccccc1OCC(=O)N(CCCN(C)C)c1nc2c(OC)ccc(OC)c2s1. The highest BCUT2D eigenvalue weighted by molar-refractivity contribution is 7.22. The number of anilines is 1. The summed E-state index contributed by atoms with van der Waals surface area (Å²) in [5, 5.41) is 0.579. The number of amides is 1. The van der Waals surface area contributed by atoms with Gasteiger partial charge in [0.2, 0.25) is 0 Å². The number of nitrogens with zero attached hydrogens (tertiary/aromatic N) is 3. The lowest BCUT2D eigenvalue weighted by Crippen LogP contribution is -2.36. The standard InChI is InChI=1S/C23H29N3O5S/c1-25(2)13-8-14-26(20(27)15-31-17-10-7-6-9-16(17)28-3)23-24-21-18(29-4)11-12-19(30-5)22(21)32-23/h6-7,9-12H,8,13-15H2,1-5H3. The van der Waals surface area contributed by atoms with Crippen LogP contribution in [0.15, 0.2) is 36.4 Å².